The standard InChI is InChI=1S/C12H25NO2/c1-5-14-12(15-6-2)9-13-8-7-10(3)11(13)4/h10-12H,5-9H2,1-4H3/t10-,11+/m1/s1. The fraction of sp³-hybridized carbons (Fsp3) is 1.00. The van der Waals surface area contributed by atoms with Gasteiger partial charge in [0.15, 0.2) is 6.29 Å². The van der Waals surface area contributed by atoms with Crippen LogP contribution >= 0.6 is 0 Å². The van der Waals surface area contributed by atoms with E-state index in [1.165, 1.54) is 13.0 Å². The largest absolute Gasteiger partial charge is 0.352 e. The first-order chi connectivity index (χ1) is 7.19. The predicted molar refractivity (Wildman–Crippen MR) is 61.9 cm³/mol. The molecule has 90 valence electrons. The lowest BCUT2D eigenvalue weighted by Gasteiger charge is -2.27. The lowest BCUT2D eigenvalue weighted by Crippen LogP contribution is -2.38. The van der Waals surface area contributed by atoms with Crippen LogP contribution in [-0.4, -0.2) is 43.5 Å². The molecule has 0 saturated carbocycles. The van der Waals surface area contributed by atoms with Crippen molar-refractivity contribution in [1.82, 2.24) is 4.90 Å². The van der Waals surface area contributed by atoms with Crippen molar-refractivity contribution in [2.24, 2.45) is 5.92 Å². The average molecular weight is 215 g/mol. The maximum atomic E-state index is 5.56. The van der Waals surface area contributed by atoms with E-state index >= 15 is 0 Å². The fourth-order valence-electron chi connectivity index (χ4n) is 2.15. The van der Waals surface area contributed by atoms with Crippen LogP contribution < -0.4 is 0 Å². The highest BCUT2D eigenvalue weighted by atomic mass is 16.7. The molecule has 3 nitrogen and oxygen atoms in total. The van der Waals surface area contributed by atoms with Gasteiger partial charge < -0.3 is 9.47 Å². The van der Waals surface area contributed by atoms with Crippen LogP contribution in [0.15, 0.2) is 0 Å². The minimum Gasteiger partial charge on any atom is -0.352 e. The van der Waals surface area contributed by atoms with Crippen LogP contribution in [-0.2, 0) is 9.47 Å². The van der Waals surface area contributed by atoms with Crippen molar-refractivity contribution in [2.75, 3.05) is 26.3 Å². The molecule has 0 bridgehead atoms. The highest BCUT2D eigenvalue weighted by Crippen LogP contribution is 2.23. The monoisotopic (exact) mass is 215 g/mol. The summed E-state index contributed by atoms with van der Waals surface area (Å²) in [4.78, 5) is 2.47. The molecule has 0 unspecified atom stereocenters. The van der Waals surface area contributed by atoms with Crippen molar-refractivity contribution < 1.29 is 9.47 Å². The van der Waals surface area contributed by atoms with Crippen LogP contribution in [0.2, 0.25) is 0 Å². The quantitative estimate of drug-likeness (QED) is 0.633. The third kappa shape index (κ3) is 3.74. The van der Waals surface area contributed by atoms with E-state index in [0.29, 0.717) is 6.04 Å². The molecular formula is C12H25NO2. The summed E-state index contributed by atoms with van der Waals surface area (Å²) in [6.07, 6.45) is 1.25. The summed E-state index contributed by atoms with van der Waals surface area (Å²) >= 11 is 0. The normalized spacial score (nSPS) is 27.8. The van der Waals surface area contributed by atoms with E-state index in [9.17, 15) is 0 Å². The molecule has 2 atom stereocenters. The van der Waals surface area contributed by atoms with Crippen LogP contribution in [0, 0.1) is 5.92 Å². The van der Waals surface area contributed by atoms with E-state index in [2.05, 4.69) is 18.7 Å². The Balaban J connectivity index is 2.36. The van der Waals surface area contributed by atoms with Crippen molar-refractivity contribution in [3.05, 3.63) is 0 Å². The van der Waals surface area contributed by atoms with E-state index in [1.807, 2.05) is 13.8 Å². The zero-order valence-corrected chi connectivity index (χ0v) is 10.5. The molecule has 0 aromatic carbocycles. The molecule has 0 N–H and O–H groups in total. The number of nitrogens with zero attached hydrogens (tertiary/aromatic N) is 1. The second-order valence-electron chi connectivity index (χ2n) is 4.34. The number of hydrogen-bond donors (Lipinski definition) is 0. The molecule has 1 fully saturated rings. The summed E-state index contributed by atoms with van der Waals surface area (Å²) < 4.78 is 11.1. The van der Waals surface area contributed by atoms with Gasteiger partial charge in [0, 0.05) is 25.8 Å². The summed E-state index contributed by atoms with van der Waals surface area (Å²) in [5.74, 6) is 0.800. The second kappa shape index (κ2) is 6.46. The Hall–Kier alpha value is -0.120. The van der Waals surface area contributed by atoms with Crippen molar-refractivity contribution >= 4 is 0 Å². The predicted octanol–water partition coefficient (Wildman–Crippen LogP) is 2.12. The molecule has 1 heterocycles. The van der Waals surface area contributed by atoms with Gasteiger partial charge in [-0.2, -0.15) is 0 Å². The highest BCUT2D eigenvalue weighted by Gasteiger charge is 2.29. The molecule has 3 heteroatoms. The average Bonchev–Trinajstić information content (AvgIpc) is 2.51. The molecule has 15 heavy (non-hydrogen) atoms. The fourth-order valence-corrected chi connectivity index (χ4v) is 2.15. The Kier molecular flexibility index (Phi) is 5.58. The van der Waals surface area contributed by atoms with Gasteiger partial charge in [-0.15, -0.1) is 0 Å². The van der Waals surface area contributed by atoms with Gasteiger partial charge in [0.25, 0.3) is 0 Å². The van der Waals surface area contributed by atoms with Gasteiger partial charge in [-0.25, -0.2) is 0 Å². The Morgan fingerprint density at radius 1 is 1.20 bits per heavy atom. The third-order valence-corrected chi connectivity index (χ3v) is 3.36. The SMILES string of the molecule is CCOC(CN1CC[C@@H](C)[C@@H]1C)OCC. The van der Waals surface area contributed by atoms with Crippen molar-refractivity contribution in [3.8, 4) is 0 Å². The highest BCUT2D eigenvalue weighted by molar-refractivity contribution is 4.81. The summed E-state index contributed by atoms with van der Waals surface area (Å²) in [6.45, 7) is 12.2. The number of likely N-dealkylation sites (tertiary alicyclic amines) is 1. The number of ether oxygens (including phenoxy) is 2. The first kappa shape index (κ1) is 12.9. The first-order valence-electron chi connectivity index (χ1n) is 6.16. The molecule has 0 aromatic rings. The van der Waals surface area contributed by atoms with Crippen LogP contribution in [0.5, 0.6) is 0 Å². The number of hydrogen-bond acceptors (Lipinski definition) is 3. The molecule has 0 aliphatic carbocycles. The van der Waals surface area contributed by atoms with Gasteiger partial charge in [-0.05, 0) is 39.7 Å². The lowest BCUT2D eigenvalue weighted by atomic mass is 10.1. The molecule has 1 rings (SSSR count). The van der Waals surface area contributed by atoms with Gasteiger partial charge in [0.1, 0.15) is 0 Å². The zero-order chi connectivity index (χ0) is 11.3. The summed E-state index contributed by atoms with van der Waals surface area (Å²) in [6, 6.07) is 0.661. The topological polar surface area (TPSA) is 21.7 Å². The van der Waals surface area contributed by atoms with Crippen LogP contribution in [0.4, 0.5) is 0 Å². The summed E-state index contributed by atoms with van der Waals surface area (Å²) in [7, 11) is 0. The zero-order valence-electron chi connectivity index (χ0n) is 10.5. The molecule has 0 amide bonds. The minimum absolute atomic E-state index is 0.0484. The molecule has 1 aliphatic heterocycles. The maximum absolute atomic E-state index is 5.56. The molecule has 0 spiro atoms. The van der Waals surface area contributed by atoms with Gasteiger partial charge in [0.2, 0.25) is 0 Å². The van der Waals surface area contributed by atoms with Crippen LogP contribution in [0.3, 0.4) is 0 Å². The van der Waals surface area contributed by atoms with E-state index in [1.54, 1.807) is 0 Å². The van der Waals surface area contributed by atoms with Gasteiger partial charge >= 0.3 is 0 Å². The molecule has 1 aliphatic rings. The second-order valence-corrected chi connectivity index (χ2v) is 4.34. The third-order valence-electron chi connectivity index (χ3n) is 3.36. The van der Waals surface area contributed by atoms with Gasteiger partial charge in [-0.3, -0.25) is 4.90 Å². The van der Waals surface area contributed by atoms with Gasteiger partial charge in [0.05, 0.1) is 0 Å². The van der Waals surface area contributed by atoms with E-state index < -0.39 is 0 Å². The lowest BCUT2D eigenvalue weighted by molar-refractivity contribution is -0.148. The van der Waals surface area contributed by atoms with E-state index in [4.69, 9.17) is 9.47 Å². The number of rotatable bonds is 6. The van der Waals surface area contributed by atoms with Crippen molar-refractivity contribution in [2.45, 2.75) is 46.4 Å². The first-order valence-corrected chi connectivity index (χ1v) is 6.16. The summed E-state index contributed by atoms with van der Waals surface area (Å²) in [5, 5.41) is 0. The minimum atomic E-state index is -0.0484. The Morgan fingerprint density at radius 3 is 2.20 bits per heavy atom. The van der Waals surface area contributed by atoms with Gasteiger partial charge in [-0.1, -0.05) is 6.92 Å². The summed E-state index contributed by atoms with van der Waals surface area (Å²) in [5.41, 5.74) is 0. The Morgan fingerprint density at radius 2 is 1.80 bits per heavy atom. The molecule has 0 radical (unpaired) electrons. The van der Waals surface area contributed by atoms with Crippen LogP contribution in [0.1, 0.15) is 34.1 Å². The molecular weight excluding hydrogens is 190 g/mol. The molecule has 1 saturated heterocycles. The Bertz CT molecular complexity index is 169. The smallest absolute Gasteiger partial charge is 0.170 e. The maximum Gasteiger partial charge on any atom is 0.170 e. The molecule has 0 aromatic heterocycles. The van der Waals surface area contributed by atoms with Crippen LogP contribution in [0.25, 0.3) is 0 Å². The van der Waals surface area contributed by atoms with E-state index in [-0.39, 0.29) is 6.29 Å². The Labute approximate surface area is 93.7 Å². The van der Waals surface area contributed by atoms with Crippen molar-refractivity contribution in [1.29, 1.82) is 0 Å². The van der Waals surface area contributed by atoms with Crippen molar-refractivity contribution in [3.63, 3.8) is 0 Å². The van der Waals surface area contributed by atoms with E-state index in [0.717, 1.165) is 25.7 Å².